The smallest absolute Gasteiger partial charge is 0.329 e. The third kappa shape index (κ3) is 11.8. The van der Waals surface area contributed by atoms with Crippen LogP contribution in [0.25, 0.3) is 0 Å². The average molecular weight is 596 g/mol. The van der Waals surface area contributed by atoms with E-state index in [9.17, 15) is 19.2 Å². The summed E-state index contributed by atoms with van der Waals surface area (Å²) in [6.45, 7) is 7.08. The molecule has 10 nitrogen and oxygen atoms in total. The first-order valence-electron chi connectivity index (χ1n) is 15.0. The number of nitrogens with zero attached hydrogens (tertiary/aromatic N) is 3. The van der Waals surface area contributed by atoms with Crippen molar-refractivity contribution in [1.82, 2.24) is 15.0 Å². The molecular weight excluding hydrogens is 550 g/mol. The lowest BCUT2D eigenvalue weighted by Crippen LogP contribution is -2.46. The van der Waals surface area contributed by atoms with Crippen molar-refractivity contribution >= 4 is 24.7 Å². The van der Waals surface area contributed by atoms with E-state index in [4.69, 9.17) is 14.4 Å². The number of benzene rings is 2. The van der Waals surface area contributed by atoms with Gasteiger partial charge in [-0.15, -0.1) is 0 Å². The van der Waals surface area contributed by atoms with Gasteiger partial charge in [0.05, 0.1) is 0 Å². The second kappa shape index (κ2) is 17.4. The van der Waals surface area contributed by atoms with Crippen molar-refractivity contribution in [3.8, 4) is 0 Å². The highest BCUT2D eigenvalue weighted by atomic mass is 16.7. The van der Waals surface area contributed by atoms with Crippen LogP contribution in [0.1, 0.15) is 70.4 Å². The van der Waals surface area contributed by atoms with Gasteiger partial charge in [-0.3, -0.25) is 24.1 Å². The van der Waals surface area contributed by atoms with Crippen molar-refractivity contribution in [1.29, 1.82) is 0 Å². The van der Waals surface area contributed by atoms with Gasteiger partial charge in [0.2, 0.25) is 18.7 Å². The summed E-state index contributed by atoms with van der Waals surface area (Å²) in [6.07, 6.45) is 4.60. The van der Waals surface area contributed by atoms with Crippen LogP contribution in [0.3, 0.4) is 0 Å². The maximum absolute atomic E-state index is 13.8. The van der Waals surface area contributed by atoms with E-state index >= 15 is 0 Å². The third-order valence-corrected chi connectivity index (χ3v) is 7.14. The summed E-state index contributed by atoms with van der Waals surface area (Å²) in [6, 6.07) is 18.5. The molecule has 0 saturated carbocycles. The van der Waals surface area contributed by atoms with Crippen LogP contribution in [-0.4, -0.2) is 71.0 Å². The number of hydrogen-bond donors (Lipinski definition) is 0. The fourth-order valence-corrected chi connectivity index (χ4v) is 5.02. The van der Waals surface area contributed by atoms with E-state index < -0.39 is 17.6 Å². The number of hydrogen-bond acceptors (Lipinski definition) is 7. The van der Waals surface area contributed by atoms with Crippen LogP contribution in [0.4, 0.5) is 0 Å². The van der Waals surface area contributed by atoms with E-state index in [1.165, 1.54) is 10.1 Å². The van der Waals surface area contributed by atoms with Crippen LogP contribution in [-0.2, 0) is 46.8 Å². The highest BCUT2D eigenvalue weighted by molar-refractivity contribution is 5.86. The fraction of sp³-hybridized carbons (Fsp3) is 0.515. The molecule has 2 aromatic carbocycles. The highest BCUT2D eigenvalue weighted by Gasteiger charge is 2.39. The van der Waals surface area contributed by atoms with E-state index in [1.54, 1.807) is 4.90 Å². The number of esters is 1. The minimum absolute atomic E-state index is 0.112. The minimum Gasteiger partial charge on any atom is -0.458 e. The average Bonchev–Trinajstić information content (AvgIpc) is 3.50. The van der Waals surface area contributed by atoms with Gasteiger partial charge in [-0.1, -0.05) is 60.7 Å². The summed E-state index contributed by atoms with van der Waals surface area (Å²) in [5, 5.41) is 2.50. The summed E-state index contributed by atoms with van der Waals surface area (Å²) in [5.41, 5.74) is 1.24. The summed E-state index contributed by atoms with van der Waals surface area (Å²) in [7, 11) is 0. The quantitative estimate of drug-likeness (QED) is 0.140. The summed E-state index contributed by atoms with van der Waals surface area (Å²) < 4.78 is 5.61. The standard InChI is InChI=1S/C33H45N3O7/c1-33(2,3)43-32(40)30-19-12-22-36(30)31(39)29(17-10-20-34(25-37)41-23-27-13-6-4-7-14-27)18-11-21-35(26-38)42-24-28-15-8-5-9-16-28/h4-9,13-16,25-26,29-30H,10-12,17-24H2,1-3H3/t30-/m0/s1. The molecule has 0 radical (unpaired) electrons. The molecule has 3 rings (SSSR count). The van der Waals surface area contributed by atoms with Crippen molar-refractivity contribution in [3.05, 3.63) is 71.8 Å². The fourth-order valence-electron chi connectivity index (χ4n) is 5.02. The number of likely N-dealkylation sites (tertiary alicyclic amines) is 1. The van der Waals surface area contributed by atoms with E-state index in [-0.39, 0.29) is 25.1 Å². The lowest BCUT2D eigenvalue weighted by Gasteiger charge is -2.30. The molecule has 2 aromatic rings. The molecule has 0 N–H and O–H groups in total. The number of hydroxylamine groups is 4. The second-order valence-corrected chi connectivity index (χ2v) is 11.7. The number of carbonyl (C=O) groups is 4. The topological polar surface area (TPSA) is 106 Å². The molecule has 1 saturated heterocycles. The Morgan fingerprint density at radius 1 is 0.860 bits per heavy atom. The number of rotatable bonds is 18. The number of ether oxygens (including phenoxy) is 1. The molecule has 3 amide bonds. The van der Waals surface area contributed by atoms with Gasteiger partial charge in [0.15, 0.2) is 0 Å². The Balaban J connectivity index is 1.60. The Morgan fingerprint density at radius 2 is 1.35 bits per heavy atom. The zero-order valence-electron chi connectivity index (χ0n) is 25.6. The molecule has 234 valence electrons. The second-order valence-electron chi connectivity index (χ2n) is 11.7. The van der Waals surface area contributed by atoms with E-state index in [2.05, 4.69) is 0 Å². The number of carbonyl (C=O) groups excluding carboxylic acids is 4. The zero-order valence-corrected chi connectivity index (χ0v) is 25.6. The first-order chi connectivity index (χ1) is 20.7. The summed E-state index contributed by atoms with van der Waals surface area (Å²) in [4.78, 5) is 63.0. The predicted molar refractivity (Wildman–Crippen MR) is 161 cm³/mol. The van der Waals surface area contributed by atoms with E-state index in [1.807, 2.05) is 81.4 Å². The Labute approximate surface area is 254 Å². The number of amides is 3. The maximum Gasteiger partial charge on any atom is 0.329 e. The molecule has 0 aromatic heterocycles. The van der Waals surface area contributed by atoms with E-state index in [0.29, 0.717) is 64.6 Å². The van der Waals surface area contributed by atoms with E-state index in [0.717, 1.165) is 17.5 Å². The predicted octanol–water partition coefficient (Wildman–Crippen LogP) is 4.68. The molecule has 0 unspecified atom stereocenters. The van der Waals surface area contributed by atoms with Crippen LogP contribution in [0, 0.1) is 5.92 Å². The highest BCUT2D eigenvalue weighted by Crippen LogP contribution is 2.26. The van der Waals surface area contributed by atoms with Crippen LogP contribution < -0.4 is 0 Å². The third-order valence-electron chi connectivity index (χ3n) is 7.14. The normalized spacial score (nSPS) is 14.9. The zero-order chi connectivity index (χ0) is 31.1. The van der Waals surface area contributed by atoms with Crippen molar-refractivity contribution in [2.75, 3.05) is 19.6 Å². The van der Waals surface area contributed by atoms with Gasteiger partial charge in [0.1, 0.15) is 24.9 Å². The largest absolute Gasteiger partial charge is 0.458 e. The lowest BCUT2D eigenvalue weighted by molar-refractivity contribution is -0.178. The molecule has 1 aliphatic rings. The molecule has 10 heteroatoms. The first kappa shape index (κ1) is 33.7. The molecule has 43 heavy (non-hydrogen) atoms. The Hall–Kier alpha value is -3.76. The van der Waals surface area contributed by atoms with Gasteiger partial charge in [-0.2, -0.15) is 0 Å². The maximum atomic E-state index is 13.8. The van der Waals surface area contributed by atoms with Crippen molar-refractivity contribution in [2.45, 2.75) is 84.2 Å². The van der Waals surface area contributed by atoms with Gasteiger partial charge in [0.25, 0.3) is 0 Å². The molecule has 1 fully saturated rings. The molecule has 0 bridgehead atoms. The monoisotopic (exact) mass is 595 g/mol. The Morgan fingerprint density at radius 3 is 1.79 bits per heavy atom. The first-order valence-corrected chi connectivity index (χ1v) is 15.0. The van der Waals surface area contributed by atoms with Crippen molar-refractivity contribution in [2.24, 2.45) is 5.92 Å². The molecule has 0 spiro atoms. The SMILES string of the molecule is CC(C)(C)OC(=O)[C@@H]1CCCN1C(=O)C(CCCN(C=O)OCc1ccccc1)CCCN(C=O)OCc1ccccc1. The molecule has 1 atom stereocenters. The molecule has 1 aliphatic heterocycles. The van der Waals surface area contributed by atoms with Crippen LogP contribution in [0.2, 0.25) is 0 Å². The van der Waals surface area contributed by atoms with Crippen LogP contribution >= 0.6 is 0 Å². The minimum atomic E-state index is -0.649. The summed E-state index contributed by atoms with van der Waals surface area (Å²) in [5.74, 6) is -0.910. The Kier molecular flexibility index (Phi) is 13.6. The van der Waals surface area contributed by atoms with Gasteiger partial charge in [0, 0.05) is 25.6 Å². The molecule has 0 aliphatic carbocycles. The van der Waals surface area contributed by atoms with Crippen molar-refractivity contribution in [3.63, 3.8) is 0 Å². The van der Waals surface area contributed by atoms with Gasteiger partial charge in [-0.25, -0.2) is 14.9 Å². The molecular formula is C33H45N3O7. The van der Waals surface area contributed by atoms with Gasteiger partial charge >= 0.3 is 5.97 Å². The lowest BCUT2D eigenvalue weighted by atomic mass is 9.95. The van der Waals surface area contributed by atoms with Gasteiger partial charge < -0.3 is 9.64 Å². The molecule has 1 heterocycles. The van der Waals surface area contributed by atoms with Crippen LogP contribution in [0.5, 0.6) is 0 Å². The summed E-state index contributed by atoms with van der Waals surface area (Å²) >= 11 is 0. The Bertz CT molecular complexity index is 1080. The van der Waals surface area contributed by atoms with Crippen LogP contribution in [0.15, 0.2) is 60.7 Å². The van der Waals surface area contributed by atoms with Crippen molar-refractivity contribution < 1.29 is 33.6 Å². The van der Waals surface area contributed by atoms with Gasteiger partial charge in [-0.05, 0) is 70.4 Å².